The molecule has 1 aliphatic rings. The first-order valence-electron chi connectivity index (χ1n) is 5.53. The zero-order valence-electron chi connectivity index (χ0n) is 9.79. The molecule has 0 saturated heterocycles. The fourth-order valence-electron chi connectivity index (χ4n) is 2.43. The molecular formula is C11H12N6O. The monoisotopic (exact) mass is 244 g/mol. The van der Waals surface area contributed by atoms with E-state index in [2.05, 4.69) is 20.6 Å². The number of fused-ring (bicyclic) bond motifs is 1. The lowest BCUT2D eigenvalue weighted by Gasteiger charge is -2.14. The Balaban J connectivity index is 2.22. The molecule has 1 atom stereocenters. The average Bonchev–Trinajstić information content (AvgIpc) is 2.96. The second kappa shape index (κ2) is 3.88. The summed E-state index contributed by atoms with van der Waals surface area (Å²) in [6.07, 6.45) is 0.905. The second-order valence-electron chi connectivity index (χ2n) is 4.33. The molecule has 3 N–H and O–H groups in total. The van der Waals surface area contributed by atoms with Crippen LogP contribution in [0.15, 0.2) is 12.1 Å². The summed E-state index contributed by atoms with van der Waals surface area (Å²) in [5.74, 6) is 0.520. The van der Waals surface area contributed by atoms with E-state index in [1.54, 1.807) is 6.07 Å². The smallest absolute Gasteiger partial charge is 0.205 e. The zero-order valence-corrected chi connectivity index (χ0v) is 9.79. The van der Waals surface area contributed by atoms with E-state index in [1.165, 1.54) is 0 Å². The summed E-state index contributed by atoms with van der Waals surface area (Å²) in [7, 11) is 1.89. The highest BCUT2D eigenvalue weighted by molar-refractivity contribution is 5.76. The van der Waals surface area contributed by atoms with Crippen molar-refractivity contribution in [3.8, 4) is 11.4 Å². The molecule has 1 aliphatic heterocycles. The van der Waals surface area contributed by atoms with E-state index in [9.17, 15) is 4.79 Å². The molecule has 18 heavy (non-hydrogen) atoms. The fourth-order valence-corrected chi connectivity index (χ4v) is 2.43. The number of aromatic amines is 1. The average molecular weight is 244 g/mol. The van der Waals surface area contributed by atoms with E-state index in [1.807, 2.05) is 18.0 Å². The first-order valence-corrected chi connectivity index (χ1v) is 5.53. The number of tetrazole rings is 1. The molecule has 2 aromatic rings. The molecule has 7 nitrogen and oxygen atoms in total. The van der Waals surface area contributed by atoms with E-state index >= 15 is 0 Å². The van der Waals surface area contributed by atoms with Gasteiger partial charge in [0, 0.05) is 23.4 Å². The number of nitrogen functional groups attached to an aromatic ring is 1. The van der Waals surface area contributed by atoms with Crippen molar-refractivity contribution in [1.29, 1.82) is 0 Å². The summed E-state index contributed by atoms with van der Waals surface area (Å²) in [6.45, 7) is 0.646. The van der Waals surface area contributed by atoms with Crippen LogP contribution in [0.4, 0.5) is 5.69 Å². The number of hydrogen-bond donors (Lipinski definition) is 2. The Kier molecular flexibility index (Phi) is 2.34. The lowest BCUT2D eigenvalue weighted by atomic mass is 9.98. The molecule has 0 amide bonds. The van der Waals surface area contributed by atoms with Crippen molar-refractivity contribution in [2.24, 2.45) is 0 Å². The highest BCUT2D eigenvalue weighted by Crippen LogP contribution is 2.39. The van der Waals surface area contributed by atoms with Gasteiger partial charge in [-0.1, -0.05) is 0 Å². The highest BCUT2D eigenvalue weighted by atomic mass is 16.1. The van der Waals surface area contributed by atoms with Crippen LogP contribution in [-0.4, -0.2) is 38.9 Å². The van der Waals surface area contributed by atoms with Crippen molar-refractivity contribution in [3.63, 3.8) is 0 Å². The standard InChI is InChI=1S/C11H12N6O/c1-17-4-7-6(11-13-15-16-14-11)2-3-8(12)10(7)9(17)5-18/h2-3,5,9H,4,12H2,1H3,(H,13,14,15,16). The topological polar surface area (TPSA) is 101 Å². The van der Waals surface area contributed by atoms with Crippen molar-refractivity contribution in [1.82, 2.24) is 25.5 Å². The molecule has 1 aromatic carbocycles. The van der Waals surface area contributed by atoms with Gasteiger partial charge in [0.05, 0.1) is 6.04 Å². The fraction of sp³-hybridized carbons (Fsp3) is 0.273. The summed E-state index contributed by atoms with van der Waals surface area (Å²) < 4.78 is 0. The van der Waals surface area contributed by atoms with Crippen LogP contribution in [0.3, 0.4) is 0 Å². The molecule has 0 fully saturated rings. The molecule has 1 unspecified atom stereocenters. The van der Waals surface area contributed by atoms with E-state index in [-0.39, 0.29) is 6.04 Å². The van der Waals surface area contributed by atoms with Crippen molar-refractivity contribution in [3.05, 3.63) is 23.3 Å². The lowest BCUT2D eigenvalue weighted by Crippen LogP contribution is -2.17. The molecule has 2 heterocycles. The number of aldehydes is 1. The lowest BCUT2D eigenvalue weighted by molar-refractivity contribution is -0.111. The first kappa shape index (κ1) is 10.8. The Labute approximate surface area is 103 Å². The molecule has 7 heteroatoms. The first-order chi connectivity index (χ1) is 8.72. The molecule has 92 valence electrons. The Hall–Kier alpha value is -2.28. The van der Waals surface area contributed by atoms with E-state index < -0.39 is 0 Å². The summed E-state index contributed by atoms with van der Waals surface area (Å²) in [6, 6.07) is 3.34. The summed E-state index contributed by atoms with van der Waals surface area (Å²) in [4.78, 5) is 13.1. The third-order valence-electron chi connectivity index (χ3n) is 3.28. The van der Waals surface area contributed by atoms with Gasteiger partial charge in [-0.05, 0) is 30.0 Å². The zero-order chi connectivity index (χ0) is 12.7. The second-order valence-corrected chi connectivity index (χ2v) is 4.33. The quantitative estimate of drug-likeness (QED) is 0.575. The molecule has 0 saturated carbocycles. The number of anilines is 1. The Morgan fingerprint density at radius 2 is 2.39 bits per heavy atom. The Morgan fingerprint density at radius 1 is 1.56 bits per heavy atom. The maximum Gasteiger partial charge on any atom is 0.205 e. The van der Waals surface area contributed by atoms with Crippen LogP contribution in [0.1, 0.15) is 17.2 Å². The number of nitrogens with zero attached hydrogens (tertiary/aromatic N) is 4. The number of likely N-dealkylation sites (N-methyl/N-ethyl adjacent to an activating group) is 1. The van der Waals surface area contributed by atoms with Crippen molar-refractivity contribution >= 4 is 12.0 Å². The predicted octanol–water partition coefficient (Wildman–Crippen LogP) is 0.134. The number of benzene rings is 1. The molecule has 0 spiro atoms. The van der Waals surface area contributed by atoms with Gasteiger partial charge < -0.3 is 10.5 Å². The van der Waals surface area contributed by atoms with Gasteiger partial charge >= 0.3 is 0 Å². The van der Waals surface area contributed by atoms with Crippen LogP contribution >= 0.6 is 0 Å². The number of rotatable bonds is 2. The molecule has 0 bridgehead atoms. The molecule has 3 rings (SSSR count). The number of carbonyl (C=O) groups is 1. The summed E-state index contributed by atoms with van der Waals surface area (Å²) in [5.41, 5.74) is 9.31. The molecule has 0 radical (unpaired) electrons. The predicted molar refractivity (Wildman–Crippen MR) is 64.3 cm³/mol. The van der Waals surface area contributed by atoms with Crippen LogP contribution in [0, 0.1) is 0 Å². The largest absolute Gasteiger partial charge is 0.398 e. The third kappa shape index (κ3) is 1.41. The normalized spacial score (nSPS) is 18.8. The van der Waals surface area contributed by atoms with Gasteiger partial charge in [-0.15, -0.1) is 10.2 Å². The van der Waals surface area contributed by atoms with Crippen LogP contribution in [-0.2, 0) is 11.3 Å². The van der Waals surface area contributed by atoms with Gasteiger partial charge in [0.1, 0.15) is 6.29 Å². The Morgan fingerprint density at radius 3 is 3.06 bits per heavy atom. The number of aromatic nitrogens is 4. The van der Waals surface area contributed by atoms with Crippen LogP contribution in [0.5, 0.6) is 0 Å². The van der Waals surface area contributed by atoms with Crippen molar-refractivity contribution < 1.29 is 4.79 Å². The Bertz CT molecular complexity index is 594. The van der Waals surface area contributed by atoms with Crippen molar-refractivity contribution in [2.75, 3.05) is 12.8 Å². The van der Waals surface area contributed by atoms with E-state index in [0.717, 1.165) is 23.0 Å². The highest BCUT2D eigenvalue weighted by Gasteiger charge is 2.32. The maximum absolute atomic E-state index is 11.2. The molecule has 1 aromatic heterocycles. The summed E-state index contributed by atoms with van der Waals surface area (Å²) >= 11 is 0. The van der Waals surface area contributed by atoms with Crippen molar-refractivity contribution in [2.45, 2.75) is 12.6 Å². The number of carbonyl (C=O) groups excluding carboxylic acids is 1. The molecular weight excluding hydrogens is 232 g/mol. The van der Waals surface area contributed by atoms with E-state index in [4.69, 9.17) is 5.73 Å². The minimum absolute atomic E-state index is 0.299. The summed E-state index contributed by atoms with van der Waals surface area (Å²) in [5, 5.41) is 13.9. The van der Waals surface area contributed by atoms with Crippen LogP contribution < -0.4 is 5.73 Å². The molecule has 0 aliphatic carbocycles. The van der Waals surface area contributed by atoms with Gasteiger partial charge in [-0.25, -0.2) is 0 Å². The number of nitrogens with one attached hydrogen (secondary N) is 1. The minimum atomic E-state index is -0.299. The van der Waals surface area contributed by atoms with E-state index in [0.29, 0.717) is 18.1 Å². The van der Waals surface area contributed by atoms with Gasteiger partial charge in [0.25, 0.3) is 0 Å². The van der Waals surface area contributed by atoms with Crippen LogP contribution in [0.2, 0.25) is 0 Å². The van der Waals surface area contributed by atoms with Gasteiger partial charge in [-0.2, -0.15) is 5.21 Å². The van der Waals surface area contributed by atoms with Gasteiger partial charge in [0.2, 0.25) is 5.82 Å². The van der Waals surface area contributed by atoms with Crippen LogP contribution in [0.25, 0.3) is 11.4 Å². The maximum atomic E-state index is 11.2. The minimum Gasteiger partial charge on any atom is -0.398 e. The number of H-pyrrole nitrogens is 1. The SMILES string of the molecule is CN1Cc2c(-c3nn[nH]n3)ccc(N)c2C1C=O. The van der Waals surface area contributed by atoms with Gasteiger partial charge in [-0.3, -0.25) is 4.90 Å². The van der Waals surface area contributed by atoms with Gasteiger partial charge in [0.15, 0.2) is 0 Å². The number of nitrogens with two attached hydrogens (primary N) is 1. The number of hydrogen-bond acceptors (Lipinski definition) is 6. The third-order valence-corrected chi connectivity index (χ3v) is 3.28.